The zero-order chi connectivity index (χ0) is 33.4. The number of benzene rings is 1. The number of anilines is 1. The van der Waals surface area contributed by atoms with E-state index >= 15 is 0 Å². The largest absolute Gasteiger partial charge is 0.435 e. The molecule has 1 unspecified atom stereocenters. The van der Waals surface area contributed by atoms with Crippen LogP contribution in [0.5, 0.6) is 0 Å². The fourth-order valence-corrected chi connectivity index (χ4v) is 10.2. The highest BCUT2D eigenvalue weighted by Gasteiger charge is 2.51. The van der Waals surface area contributed by atoms with Crippen LogP contribution in [0.2, 0.25) is 0 Å². The fraction of sp³-hybridized carbons (Fsp3) is 0.676. The Morgan fingerprint density at radius 2 is 1.49 bits per heavy atom. The number of piperidine rings is 1. The lowest BCUT2D eigenvalue weighted by atomic mass is 9.59. The Morgan fingerprint density at radius 3 is 2.06 bits per heavy atom. The van der Waals surface area contributed by atoms with Gasteiger partial charge in [0.2, 0.25) is 15.9 Å². The third-order valence-electron chi connectivity index (χ3n) is 11.1. The summed E-state index contributed by atoms with van der Waals surface area (Å²) in [6, 6.07) is 6.14. The maximum absolute atomic E-state index is 14.5. The smallest absolute Gasteiger partial charge is 0.339 e. The van der Waals surface area contributed by atoms with Crippen molar-refractivity contribution in [1.82, 2.24) is 19.0 Å². The number of rotatable bonds is 5. The Balaban J connectivity index is 1.30. The first-order valence-electron chi connectivity index (χ1n) is 17.2. The van der Waals surface area contributed by atoms with Crippen LogP contribution in [0.3, 0.4) is 0 Å². The quantitative estimate of drug-likeness (QED) is 0.390. The molecule has 3 fully saturated rings. The monoisotopic (exact) mass is 677 g/mol. The zero-order valence-electron chi connectivity index (χ0n) is 27.2. The molecule has 1 saturated carbocycles. The van der Waals surface area contributed by atoms with Crippen molar-refractivity contribution in [2.75, 3.05) is 31.5 Å². The fourth-order valence-electron chi connectivity index (χ4n) is 8.74. The number of carbonyl (C=O) groups is 2. The van der Waals surface area contributed by atoms with Gasteiger partial charge in [-0.15, -0.1) is 0 Å². The summed E-state index contributed by atoms with van der Waals surface area (Å²) in [5, 5.41) is 6.80. The third kappa shape index (κ3) is 6.97. The SMILES string of the molecule is CC(=O)Nc1ccc(S(=O)(=O)N2CCC(C3Cc4c(C(=O)N5CCCC5)c(C(F)(F)F)nn4CC34CCCCCCCC4)CC2)cc1. The number of likely N-dealkylation sites (tertiary alicyclic amines) is 1. The molecule has 4 heterocycles. The average molecular weight is 678 g/mol. The van der Waals surface area contributed by atoms with Crippen molar-refractivity contribution in [1.29, 1.82) is 0 Å². The Kier molecular flexibility index (Phi) is 9.77. The Hall–Kier alpha value is -2.93. The van der Waals surface area contributed by atoms with Gasteiger partial charge in [-0.05, 0) is 86.5 Å². The summed E-state index contributed by atoms with van der Waals surface area (Å²) in [7, 11) is -3.77. The molecule has 2 aromatic rings. The van der Waals surface area contributed by atoms with E-state index < -0.39 is 27.8 Å². The van der Waals surface area contributed by atoms with E-state index in [1.807, 2.05) is 0 Å². The molecule has 0 bridgehead atoms. The molecule has 1 atom stereocenters. The molecule has 1 N–H and O–H groups in total. The first-order chi connectivity index (χ1) is 22.4. The van der Waals surface area contributed by atoms with Crippen LogP contribution in [-0.4, -0.2) is 65.4 Å². The van der Waals surface area contributed by atoms with Crippen molar-refractivity contribution in [2.24, 2.45) is 17.3 Å². The second kappa shape index (κ2) is 13.5. The van der Waals surface area contributed by atoms with E-state index in [1.165, 1.54) is 28.0 Å². The van der Waals surface area contributed by atoms with Crippen LogP contribution in [0.1, 0.15) is 106 Å². The first-order valence-corrected chi connectivity index (χ1v) is 18.7. The van der Waals surface area contributed by atoms with Crippen LogP contribution in [0.15, 0.2) is 29.2 Å². The summed E-state index contributed by atoms with van der Waals surface area (Å²) in [6.07, 6.45) is 6.65. The molecule has 13 heteroatoms. The summed E-state index contributed by atoms with van der Waals surface area (Å²) < 4.78 is 73.7. The topological polar surface area (TPSA) is 105 Å². The standard InChI is InChI=1S/C34H46F3N5O4S/c1-24(43)38-26-10-12-27(13-11-26)47(45,46)41-20-14-25(15-21-41)28-22-29-30(32(44)40-18-8-9-19-40)31(34(35,36)37)39-42(29)23-33(28)16-6-4-2-3-5-7-17-33/h10-13,25,28H,2-9,14-23H2,1H3,(H,38,43). The molecule has 1 aromatic heterocycles. The number of carbonyl (C=O) groups excluding carboxylic acids is 2. The molecule has 0 radical (unpaired) electrons. The predicted octanol–water partition coefficient (Wildman–Crippen LogP) is 6.49. The van der Waals surface area contributed by atoms with Gasteiger partial charge in [0.25, 0.3) is 5.91 Å². The highest BCUT2D eigenvalue weighted by molar-refractivity contribution is 7.89. The molecule has 258 valence electrons. The van der Waals surface area contributed by atoms with Crippen molar-refractivity contribution >= 4 is 27.5 Å². The number of aromatic nitrogens is 2. The number of sulfonamides is 1. The van der Waals surface area contributed by atoms with Crippen LogP contribution in [0.25, 0.3) is 0 Å². The molecule has 1 aromatic carbocycles. The second-order valence-electron chi connectivity index (χ2n) is 14.1. The lowest BCUT2D eigenvalue weighted by molar-refractivity contribution is -0.142. The molecule has 1 spiro atoms. The Labute approximate surface area is 275 Å². The van der Waals surface area contributed by atoms with E-state index in [-0.39, 0.29) is 33.6 Å². The molecular weight excluding hydrogens is 631 g/mol. The van der Waals surface area contributed by atoms with Gasteiger partial charge in [0.15, 0.2) is 5.69 Å². The second-order valence-corrected chi connectivity index (χ2v) is 16.0. The van der Waals surface area contributed by atoms with Crippen molar-refractivity contribution in [2.45, 2.75) is 108 Å². The van der Waals surface area contributed by atoms with Gasteiger partial charge in [0.1, 0.15) is 0 Å². The van der Waals surface area contributed by atoms with E-state index in [4.69, 9.17) is 0 Å². The lowest BCUT2D eigenvalue weighted by Crippen LogP contribution is -2.49. The van der Waals surface area contributed by atoms with E-state index in [0.29, 0.717) is 63.4 Å². The van der Waals surface area contributed by atoms with Crippen molar-refractivity contribution in [3.63, 3.8) is 0 Å². The number of nitrogens with one attached hydrogen (secondary N) is 1. The lowest BCUT2D eigenvalue weighted by Gasteiger charge is -2.50. The molecule has 2 saturated heterocycles. The normalized spacial score (nSPS) is 23.1. The Morgan fingerprint density at radius 1 is 0.894 bits per heavy atom. The maximum Gasteiger partial charge on any atom is 0.435 e. The van der Waals surface area contributed by atoms with E-state index in [9.17, 15) is 31.2 Å². The molecule has 4 aliphatic rings. The number of hydrogen-bond donors (Lipinski definition) is 1. The molecular formula is C34H46F3N5O4S. The minimum atomic E-state index is -4.74. The first kappa shape index (κ1) is 34.0. The number of halogens is 3. The van der Waals surface area contributed by atoms with Gasteiger partial charge in [-0.1, -0.05) is 38.5 Å². The average Bonchev–Trinajstić information content (AvgIpc) is 3.72. The van der Waals surface area contributed by atoms with Crippen LogP contribution >= 0.6 is 0 Å². The van der Waals surface area contributed by atoms with Gasteiger partial charge >= 0.3 is 6.18 Å². The van der Waals surface area contributed by atoms with Gasteiger partial charge in [-0.3, -0.25) is 14.3 Å². The summed E-state index contributed by atoms with van der Waals surface area (Å²) >= 11 is 0. The molecule has 3 aliphatic heterocycles. The van der Waals surface area contributed by atoms with Gasteiger partial charge < -0.3 is 10.2 Å². The minimum Gasteiger partial charge on any atom is -0.339 e. The van der Waals surface area contributed by atoms with Crippen LogP contribution in [-0.2, 0) is 34.0 Å². The van der Waals surface area contributed by atoms with Crippen molar-refractivity contribution in [3.8, 4) is 0 Å². The third-order valence-corrected chi connectivity index (χ3v) is 13.0. The number of hydrogen-bond acceptors (Lipinski definition) is 5. The van der Waals surface area contributed by atoms with Gasteiger partial charge in [-0.25, -0.2) is 8.42 Å². The highest BCUT2D eigenvalue weighted by Crippen LogP contribution is 2.52. The van der Waals surface area contributed by atoms with E-state index in [0.717, 1.165) is 64.2 Å². The summed E-state index contributed by atoms with van der Waals surface area (Å²) in [5.41, 5.74) is -0.674. The van der Waals surface area contributed by atoms with Gasteiger partial charge in [0, 0.05) is 45.3 Å². The number of alkyl halides is 3. The van der Waals surface area contributed by atoms with Crippen molar-refractivity contribution < 1.29 is 31.2 Å². The summed E-state index contributed by atoms with van der Waals surface area (Å²) in [6.45, 7) is 3.30. The summed E-state index contributed by atoms with van der Waals surface area (Å²) in [5.74, 6) is -0.672. The van der Waals surface area contributed by atoms with E-state index in [2.05, 4.69) is 10.4 Å². The number of amides is 2. The highest BCUT2D eigenvalue weighted by atomic mass is 32.2. The van der Waals surface area contributed by atoms with Crippen molar-refractivity contribution in [3.05, 3.63) is 41.2 Å². The molecule has 9 nitrogen and oxygen atoms in total. The van der Waals surface area contributed by atoms with Gasteiger partial charge in [0.05, 0.1) is 16.2 Å². The molecule has 1 aliphatic carbocycles. The molecule has 47 heavy (non-hydrogen) atoms. The maximum atomic E-state index is 14.5. The Bertz CT molecular complexity index is 1550. The van der Waals surface area contributed by atoms with Crippen LogP contribution in [0.4, 0.5) is 18.9 Å². The number of nitrogens with zero attached hydrogens (tertiary/aromatic N) is 4. The summed E-state index contributed by atoms with van der Waals surface area (Å²) in [4.78, 5) is 26.8. The predicted molar refractivity (Wildman–Crippen MR) is 171 cm³/mol. The minimum absolute atomic E-state index is 0.0257. The van der Waals surface area contributed by atoms with Crippen LogP contribution in [0, 0.1) is 17.3 Å². The molecule has 2 amide bonds. The number of fused-ring (bicyclic) bond motifs is 1. The van der Waals surface area contributed by atoms with Gasteiger partial charge in [-0.2, -0.15) is 22.6 Å². The van der Waals surface area contributed by atoms with E-state index in [1.54, 1.807) is 17.0 Å². The molecule has 6 rings (SSSR count). The van der Waals surface area contributed by atoms with Crippen LogP contribution < -0.4 is 5.32 Å². The zero-order valence-corrected chi connectivity index (χ0v) is 28.0.